The number of rotatable bonds is 4. The number of aliphatic carboxylic acids is 1. The van der Waals surface area contributed by atoms with Crippen molar-refractivity contribution >= 4 is 17.6 Å². The summed E-state index contributed by atoms with van der Waals surface area (Å²) in [4.78, 5) is 22.1. The number of nitrogens with one attached hydrogen (secondary N) is 1. The smallest absolute Gasteiger partial charge is 0.325 e. The highest BCUT2D eigenvalue weighted by molar-refractivity contribution is 6.02. The molecule has 2 aromatic rings. The van der Waals surface area contributed by atoms with E-state index < -0.39 is 41.6 Å². The maximum Gasteiger partial charge on any atom is 0.325 e. The second kappa shape index (κ2) is 5.61. The molecule has 10 heteroatoms. The Bertz CT molecular complexity index is 717. The lowest BCUT2D eigenvalue weighted by molar-refractivity contribution is -0.137. The summed E-state index contributed by atoms with van der Waals surface area (Å²) in [7, 11) is 0. The second-order valence-electron chi connectivity index (χ2n) is 3.87. The molecule has 0 spiro atoms. The molecule has 0 unspecified atom stereocenters. The molecular formula is C11H7F3N4O3. The molecule has 2 rings (SSSR count). The number of carbonyl (C=O) groups is 2. The van der Waals surface area contributed by atoms with Crippen LogP contribution >= 0.6 is 0 Å². The van der Waals surface area contributed by atoms with Crippen LogP contribution in [0.3, 0.4) is 0 Å². The number of carboxylic acids is 1. The normalized spacial score (nSPS) is 10.4. The van der Waals surface area contributed by atoms with Crippen molar-refractivity contribution in [3.8, 4) is 0 Å². The van der Waals surface area contributed by atoms with Crippen LogP contribution in [-0.4, -0.2) is 32.0 Å². The Morgan fingerprint density at radius 1 is 1.24 bits per heavy atom. The van der Waals surface area contributed by atoms with Crippen molar-refractivity contribution in [2.24, 2.45) is 0 Å². The van der Waals surface area contributed by atoms with E-state index in [0.717, 1.165) is 16.9 Å². The Morgan fingerprint density at radius 3 is 2.62 bits per heavy atom. The van der Waals surface area contributed by atoms with Gasteiger partial charge in [-0.2, -0.15) is 0 Å². The van der Waals surface area contributed by atoms with Gasteiger partial charge in [-0.15, -0.1) is 5.10 Å². The minimum absolute atomic E-state index is 0.305. The number of nitrogens with zero attached hydrogens (tertiary/aromatic N) is 3. The molecule has 110 valence electrons. The van der Waals surface area contributed by atoms with E-state index in [4.69, 9.17) is 5.11 Å². The van der Waals surface area contributed by atoms with Gasteiger partial charge in [-0.3, -0.25) is 9.59 Å². The lowest BCUT2D eigenvalue weighted by Gasteiger charge is -2.05. The molecule has 21 heavy (non-hydrogen) atoms. The molecule has 1 amide bonds. The first-order valence-electron chi connectivity index (χ1n) is 5.45. The van der Waals surface area contributed by atoms with Crippen LogP contribution in [0.5, 0.6) is 0 Å². The number of amides is 1. The summed E-state index contributed by atoms with van der Waals surface area (Å²) in [6, 6.07) is 1.49. The van der Waals surface area contributed by atoms with E-state index in [1.54, 1.807) is 0 Å². The third-order valence-electron chi connectivity index (χ3n) is 2.35. The predicted octanol–water partition coefficient (Wildman–Crippen LogP) is 1.03. The Labute approximate surface area is 115 Å². The molecule has 0 radical (unpaired) electrons. The van der Waals surface area contributed by atoms with Crippen LogP contribution in [0, 0.1) is 17.5 Å². The molecule has 0 aliphatic heterocycles. The molecule has 7 nitrogen and oxygen atoms in total. The zero-order valence-electron chi connectivity index (χ0n) is 10.2. The van der Waals surface area contributed by atoms with Gasteiger partial charge in [0.25, 0.3) is 5.91 Å². The lowest BCUT2D eigenvalue weighted by atomic mass is 10.2. The maximum absolute atomic E-state index is 13.4. The zero-order valence-corrected chi connectivity index (χ0v) is 10.2. The zero-order chi connectivity index (χ0) is 15.6. The fourth-order valence-electron chi connectivity index (χ4n) is 1.43. The van der Waals surface area contributed by atoms with Crippen molar-refractivity contribution in [3.63, 3.8) is 0 Å². The van der Waals surface area contributed by atoms with Gasteiger partial charge >= 0.3 is 5.97 Å². The highest BCUT2D eigenvalue weighted by Crippen LogP contribution is 2.19. The van der Waals surface area contributed by atoms with E-state index in [9.17, 15) is 22.8 Å². The van der Waals surface area contributed by atoms with Gasteiger partial charge in [0.15, 0.2) is 23.1 Å². The number of hydrogen-bond donors (Lipinski definition) is 2. The summed E-state index contributed by atoms with van der Waals surface area (Å²) in [6.45, 7) is -0.514. The number of carbonyl (C=O) groups excluding carboxylic acids is 1. The SMILES string of the molecule is O=C(O)Cn1cc(C(=O)Nc2ccc(F)c(F)c2F)nn1. The Morgan fingerprint density at radius 2 is 1.95 bits per heavy atom. The van der Waals surface area contributed by atoms with Crippen LogP contribution in [0.1, 0.15) is 10.5 Å². The van der Waals surface area contributed by atoms with Crippen LogP contribution < -0.4 is 5.32 Å². The van der Waals surface area contributed by atoms with Crippen LogP contribution in [0.4, 0.5) is 18.9 Å². The topological polar surface area (TPSA) is 97.1 Å². The standard InChI is InChI=1S/C11H7F3N4O3/c12-5-1-2-6(10(14)9(5)13)15-11(21)7-3-18(17-16-7)4-8(19)20/h1-3H,4H2,(H,15,21)(H,19,20). The predicted molar refractivity (Wildman–Crippen MR) is 61.9 cm³/mol. The molecule has 0 bridgehead atoms. The van der Waals surface area contributed by atoms with Crippen molar-refractivity contribution in [2.75, 3.05) is 5.32 Å². The largest absolute Gasteiger partial charge is 0.480 e. The van der Waals surface area contributed by atoms with Gasteiger partial charge in [-0.25, -0.2) is 17.9 Å². The lowest BCUT2D eigenvalue weighted by Crippen LogP contribution is -2.14. The molecule has 0 saturated carbocycles. The summed E-state index contributed by atoms with van der Waals surface area (Å²) < 4.78 is 40.0. The highest BCUT2D eigenvalue weighted by Gasteiger charge is 2.18. The average Bonchev–Trinajstić information content (AvgIpc) is 2.87. The summed E-state index contributed by atoms with van der Waals surface area (Å²) in [6.07, 6.45) is 1.02. The quantitative estimate of drug-likeness (QED) is 0.822. The first kappa shape index (κ1) is 14.5. The van der Waals surface area contributed by atoms with Gasteiger partial charge < -0.3 is 10.4 Å². The van der Waals surface area contributed by atoms with E-state index >= 15 is 0 Å². The van der Waals surface area contributed by atoms with E-state index in [-0.39, 0.29) is 5.69 Å². The van der Waals surface area contributed by atoms with Gasteiger partial charge in [0.1, 0.15) is 6.54 Å². The number of anilines is 1. The fraction of sp³-hybridized carbons (Fsp3) is 0.0909. The van der Waals surface area contributed by atoms with Gasteiger partial charge in [-0.1, -0.05) is 5.21 Å². The molecule has 0 aliphatic rings. The van der Waals surface area contributed by atoms with Crippen molar-refractivity contribution < 1.29 is 27.9 Å². The minimum atomic E-state index is -1.72. The molecule has 0 fully saturated rings. The fourth-order valence-corrected chi connectivity index (χ4v) is 1.43. The Balaban J connectivity index is 2.16. The monoisotopic (exact) mass is 300 g/mol. The molecular weight excluding hydrogens is 293 g/mol. The number of carboxylic acid groups (broad SMARTS) is 1. The van der Waals surface area contributed by atoms with Crippen LogP contribution in [-0.2, 0) is 11.3 Å². The van der Waals surface area contributed by atoms with Crippen molar-refractivity contribution in [2.45, 2.75) is 6.54 Å². The summed E-state index contributed by atoms with van der Waals surface area (Å²) in [5.41, 5.74) is -0.882. The second-order valence-corrected chi connectivity index (χ2v) is 3.87. The number of halogens is 3. The highest BCUT2D eigenvalue weighted by atomic mass is 19.2. The average molecular weight is 300 g/mol. The van der Waals surface area contributed by atoms with Crippen LogP contribution in [0.15, 0.2) is 18.3 Å². The Hall–Kier alpha value is -2.91. The van der Waals surface area contributed by atoms with E-state index in [0.29, 0.717) is 6.07 Å². The van der Waals surface area contributed by atoms with Crippen LogP contribution in [0.2, 0.25) is 0 Å². The van der Waals surface area contributed by atoms with Crippen molar-refractivity contribution in [3.05, 3.63) is 41.5 Å². The number of aromatic nitrogens is 3. The van der Waals surface area contributed by atoms with Gasteiger partial charge in [-0.05, 0) is 12.1 Å². The van der Waals surface area contributed by atoms with E-state index in [1.165, 1.54) is 0 Å². The maximum atomic E-state index is 13.4. The minimum Gasteiger partial charge on any atom is -0.480 e. The molecule has 0 aliphatic carbocycles. The molecule has 2 N–H and O–H groups in total. The number of benzene rings is 1. The van der Waals surface area contributed by atoms with Crippen molar-refractivity contribution in [1.82, 2.24) is 15.0 Å². The molecule has 1 heterocycles. The third-order valence-corrected chi connectivity index (χ3v) is 2.35. The van der Waals surface area contributed by atoms with Gasteiger partial charge in [0.2, 0.25) is 0 Å². The molecule has 1 aromatic carbocycles. The molecule has 0 saturated heterocycles. The first-order valence-corrected chi connectivity index (χ1v) is 5.45. The molecule has 1 aromatic heterocycles. The number of hydrogen-bond acceptors (Lipinski definition) is 4. The van der Waals surface area contributed by atoms with E-state index in [2.05, 4.69) is 10.3 Å². The first-order chi connectivity index (χ1) is 9.88. The van der Waals surface area contributed by atoms with Gasteiger partial charge in [0.05, 0.1) is 11.9 Å². The summed E-state index contributed by atoms with van der Waals surface area (Å²) >= 11 is 0. The van der Waals surface area contributed by atoms with E-state index in [1.807, 2.05) is 5.32 Å². The summed E-state index contributed by atoms with van der Waals surface area (Å²) in [5, 5.41) is 17.3. The third kappa shape index (κ3) is 3.16. The Kier molecular flexibility index (Phi) is 3.87. The van der Waals surface area contributed by atoms with Gasteiger partial charge in [0, 0.05) is 0 Å². The van der Waals surface area contributed by atoms with Crippen LogP contribution in [0.25, 0.3) is 0 Å². The van der Waals surface area contributed by atoms with Crippen molar-refractivity contribution in [1.29, 1.82) is 0 Å². The molecule has 0 atom stereocenters. The summed E-state index contributed by atoms with van der Waals surface area (Å²) in [5.74, 6) is -6.81.